The Kier molecular flexibility index (Phi) is 5.03. The van der Waals surface area contributed by atoms with Crippen molar-refractivity contribution in [3.8, 4) is 5.75 Å². The number of aromatic nitrogens is 4. The first-order chi connectivity index (χ1) is 14.7. The lowest BCUT2D eigenvalue weighted by Gasteiger charge is -2.39. The van der Waals surface area contributed by atoms with Crippen LogP contribution in [-0.2, 0) is 18.5 Å². The molecule has 1 unspecified atom stereocenters. The molecule has 1 aromatic heterocycles. The quantitative estimate of drug-likeness (QED) is 0.707. The Morgan fingerprint density at radius 1 is 0.967 bits per heavy atom. The monoisotopic (exact) mass is 403 g/mol. The summed E-state index contributed by atoms with van der Waals surface area (Å²) in [6, 6.07) is 16.1. The van der Waals surface area contributed by atoms with Crippen molar-refractivity contribution in [3.63, 3.8) is 0 Å². The molecule has 0 spiro atoms. The maximum Gasteiger partial charge on any atom is 0.173 e. The van der Waals surface area contributed by atoms with Crippen LogP contribution in [0.2, 0.25) is 0 Å². The van der Waals surface area contributed by atoms with E-state index >= 15 is 0 Å². The fraction of sp³-hybridized carbons (Fsp3) is 0.458. The second-order valence-corrected chi connectivity index (χ2v) is 8.96. The zero-order chi connectivity index (χ0) is 20.6. The molecule has 1 fully saturated rings. The summed E-state index contributed by atoms with van der Waals surface area (Å²) < 4.78 is 2.06. The van der Waals surface area contributed by atoms with Crippen molar-refractivity contribution in [2.75, 3.05) is 6.54 Å². The zero-order valence-electron chi connectivity index (χ0n) is 17.5. The normalized spacial score (nSPS) is 19.9. The lowest BCUT2D eigenvalue weighted by atomic mass is 9.83. The number of nitrogens with zero attached hydrogens (tertiary/aromatic N) is 5. The first-order valence-electron chi connectivity index (χ1n) is 11.0. The van der Waals surface area contributed by atoms with Gasteiger partial charge in [-0.1, -0.05) is 61.7 Å². The summed E-state index contributed by atoms with van der Waals surface area (Å²) in [6.07, 6.45) is 6.84. The summed E-state index contributed by atoms with van der Waals surface area (Å²) in [5.41, 5.74) is 3.54. The van der Waals surface area contributed by atoms with Gasteiger partial charge < -0.3 is 5.11 Å². The molecule has 3 aromatic rings. The number of phenols is 1. The highest BCUT2D eigenvalue weighted by Crippen LogP contribution is 2.40. The van der Waals surface area contributed by atoms with Crippen molar-refractivity contribution >= 4 is 0 Å². The molecule has 1 atom stereocenters. The highest BCUT2D eigenvalue weighted by atomic mass is 16.3. The van der Waals surface area contributed by atoms with E-state index in [4.69, 9.17) is 0 Å². The average molecular weight is 404 g/mol. The van der Waals surface area contributed by atoms with Gasteiger partial charge in [0.25, 0.3) is 0 Å². The highest BCUT2D eigenvalue weighted by molar-refractivity contribution is 5.39. The molecule has 0 saturated heterocycles. The van der Waals surface area contributed by atoms with Crippen LogP contribution < -0.4 is 0 Å². The van der Waals surface area contributed by atoms with E-state index in [1.165, 1.54) is 30.4 Å². The number of aromatic hydroxyl groups is 1. The van der Waals surface area contributed by atoms with Crippen LogP contribution in [0.5, 0.6) is 5.75 Å². The SMILES string of the molecule is CC1(n2nnnc2C(c2ccccc2O)N2CCc3ccccc3C2)CCCCC1. The first kappa shape index (κ1) is 19.2. The van der Waals surface area contributed by atoms with Crippen LogP contribution in [0.4, 0.5) is 0 Å². The van der Waals surface area contributed by atoms with Gasteiger partial charge in [-0.15, -0.1) is 5.10 Å². The van der Waals surface area contributed by atoms with Gasteiger partial charge in [0.05, 0.1) is 5.54 Å². The maximum atomic E-state index is 10.8. The molecule has 2 heterocycles. The molecular weight excluding hydrogens is 374 g/mol. The largest absolute Gasteiger partial charge is 0.508 e. The fourth-order valence-corrected chi connectivity index (χ4v) is 5.23. The lowest BCUT2D eigenvalue weighted by Crippen LogP contribution is -2.40. The topological polar surface area (TPSA) is 67.1 Å². The second-order valence-electron chi connectivity index (χ2n) is 8.96. The molecule has 1 aliphatic carbocycles. The molecule has 2 aromatic carbocycles. The Labute approximate surface area is 177 Å². The number of fused-ring (bicyclic) bond motifs is 1. The molecule has 1 N–H and O–H groups in total. The van der Waals surface area contributed by atoms with Crippen LogP contribution in [0.25, 0.3) is 0 Å². The Morgan fingerprint density at radius 3 is 2.50 bits per heavy atom. The zero-order valence-corrected chi connectivity index (χ0v) is 17.5. The van der Waals surface area contributed by atoms with E-state index in [9.17, 15) is 5.11 Å². The van der Waals surface area contributed by atoms with E-state index in [1.54, 1.807) is 6.07 Å². The van der Waals surface area contributed by atoms with E-state index < -0.39 is 0 Å². The molecule has 6 nitrogen and oxygen atoms in total. The molecule has 5 rings (SSSR count). The Hall–Kier alpha value is -2.73. The third-order valence-corrected chi connectivity index (χ3v) is 6.94. The fourth-order valence-electron chi connectivity index (χ4n) is 5.23. The van der Waals surface area contributed by atoms with E-state index in [1.807, 2.05) is 18.2 Å². The van der Waals surface area contributed by atoms with E-state index in [2.05, 4.69) is 56.3 Å². The van der Waals surface area contributed by atoms with Gasteiger partial charge in [0.1, 0.15) is 11.8 Å². The van der Waals surface area contributed by atoms with Gasteiger partial charge >= 0.3 is 0 Å². The van der Waals surface area contributed by atoms with Crippen molar-refractivity contribution in [2.24, 2.45) is 0 Å². The number of rotatable bonds is 4. The number of hydrogen-bond donors (Lipinski definition) is 1. The van der Waals surface area contributed by atoms with Crippen molar-refractivity contribution in [3.05, 3.63) is 71.0 Å². The minimum atomic E-state index is -0.187. The van der Waals surface area contributed by atoms with Crippen molar-refractivity contribution in [1.29, 1.82) is 0 Å². The van der Waals surface area contributed by atoms with Gasteiger partial charge in [0, 0.05) is 18.7 Å². The summed E-state index contributed by atoms with van der Waals surface area (Å²) in [5, 5.41) is 23.9. The molecule has 0 radical (unpaired) electrons. The predicted octanol–water partition coefficient (Wildman–Crippen LogP) is 4.21. The number of benzene rings is 2. The summed E-state index contributed by atoms with van der Waals surface area (Å²) in [7, 11) is 0. The smallest absolute Gasteiger partial charge is 0.173 e. The van der Waals surface area contributed by atoms with Gasteiger partial charge in [-0.05, 0) is 53.8 Å². The minimum absolute atomic E-state index is 0.0760. The van der Waals surface area contributed by atoms with Gasteiger partial charge in [0.15, 0.2) is 5.82 Å². The average Bonchev–Trinajstić information content (AvgIpc) is 3.26. The van der Waals surface area contributed by atoms with Gasteiger partial charge in [-0.3, -0.25) is 4.90 Å². The number of phenolic OH excluding ortho intramolecular Hbond substituents is 1. The molecule has 2 aliphatic rings. The van der Waals surface area contributed by atoms with Crippen molar-refractivity contribution < 1.29 is 5.11 Å². The third-order valence-electron chi connectivity index (χ3n) is 6.94. The molecule has 1 aliphatic heterocycles. The molecule has 0 amide bonds. The van der Waals surface area contributed by atoms with E-state index in [-0.39, 0.29) is 11.6 Å². The standard InChI is InChI=1S/C24H29N5O/c1-24(14-7-2-8-15-24)29-23(25-26-27-29)22(20-11-5-6-12-21(20)30)28-16-13-18-9-3-4-10-19(18)17-28/h3-6,9-12,22,30H,2,7-8,13-17H2,1H3. The van der Waals surface area contributed by atoms with Crippen LogP contribution in [0.1, 0.15) is 67.6 Å². The van der Waals surface area contributed by atoms with Crippen molar-refractivity contribution in [2.45, 2.75) is 63.6 Å². The molecular formula is C24H29N5O. The van der Waals surface area contributed by atoms with Gasteiger partial charge in [0.2, 0.25) is 0 Å². The Morgan fingerprint density at radius 2 is 1.70 bits per heavy atom. The van der Waals surface area contributed by atoms with Crippen LogP contribution in [0.3, 0.4) is 0 Å². The summed E-state index contributed by atoms with van der Waals surface area (Å²) in [4.78, 5) is 2.41. The Balaban J connectivity index is 1.59. The number of hydrogen-bond acceptors (Lipinski definition) is 5. The molecule has 6 heteroatoms. The van der Waals surface area contributed by atoms with Crippen LogP contribution in [0, 0.1) is 0 Å². The minimum Gasteiger partial charge on any atom is -0.508 e. The number of para-hydroxylation sites is 1. The molecule has 30 heavy (non-hydrogen) atoms. The summed E-state index contributed by atoms with van der Waals surface area (Å²) >= 11 is 0. The van der Waals surface area contributed by atoms with Crippen molar-refractivity contribution in [1.82, 2.24) is 25.1 Å². The van der Waals surface area contributed by atoms with Crippen LogP contribution in [0.15, 0.2) is 48.5 Å². The highest BCUT2D eigenvalue weighted by Gasteiger charge is 2.38. The van der Waals surface area contributed by atoms with E-state index in [0.29, 0.717) is 5.75 Å². The van der Waals surface area contributed by atoms with E-state index in [0.717, 1.165) is 43.7 Å². The van der Waals surface area contributed by atoms with Crippen LogP contribution in [-0.4, -0.2) is 36.8 Å². The lowest BCUT2D eigenvalue weighted by molar-refractivity contribution is 0.154. The molecule has 0 bridgehead atoms. The number of tetrazole rings is 1. The first-order valence-corrected chi connectivity index (χ1v) is 11.0. The Bertz CT molecular complexity index is 1020. The molecule has 156 valence electrons. The van der Waals surface area contributed by atoms with Gasteiger partial charge in [-0.25, -0.2) is 4.68 Å². The summed E-state index contributed by atoms with van der Waals surface area (Å²) in [5.74, 6) is 1.13. The molecule has 1 saturated carbocycles. The maximum absolute atomic E-state index is 10.8. The summed E-state index contributed by atoms with van der Waals surface area (Å²) in [6.45, 7) is 4.00. The van der Waals surface area contributed by atoms with Crippen LogP contribution >= 0.6 is 0 Å². The predicted molar refractivity (Wildman–Crippen MR) is 115 cm³/mol. The van der Waals surface area contributed by atoms with Gasteiger partial charge in [-0.2, -0.15) is 0 Å². The third kappa shape index (κ3) is 3.39. The second kappa shape index (κ2) is 7.84.